The molecule has 0 unspecified atom stereocenters. The molecular weight excluding hydrogens is 290 g/mol. The van der Waals surface area contributed by atoms with E-state index >= 15 is 0 Å². The number of hydrogen-bond acceptors (Lipinski definition) is 4. The summed E-state index contributed by atoms with van der Waals surface area (Å²) in [4.78, 5) is 11.9. The topological polar surface area (TPSA) is 56.5 Å². The van der Waals surface area contributed by atoms with Crippen LogP contribution >= 0.6 is 11.6 Å². The van der Waals surface area contributed by atoms with Crippen molar-refractivity contribution < 1.29 is 9.53 Å². The summed E-state index contributed by atoms with van der Waals surface area (Å²) < 4.78 is 6.49. The van der Waals surface area contributed by atoms with Gasteiger partial charge in [0.1, 0.15) is 11.5 Å². The Balaban J connectivity index is 2.11. The highest BCUT2D eigenvalue weighted by Gasteiger charge is 2.16. The SMILES string of the molecule is COC(=O)c1cccc2nnc(Cc3ccccc3Cl)n12. The van der Waals surface area contributed by atoms with Crippen LogP contribution in [0.5, 0.6) is 0 Å². The van der Waals surface area contributed by atoms with Gasteiger partial charge in [0.15, 0.2) is 5.65 Å². The van der Waals surface area contributed by atoms with Crippen molar-refractivity contribution in [3.63, 3.8) is 0 Å². The van der Waals surface area contributed by atoms with Crippen LogP contribution in [-0.2, 0) is 11.2 Å². The molecule has 0 radical (unpaired) electrons. The van der Waals surface area contributed by atoms with Crippen LogP contribution in [0.4, 0.5) is 0 Å². The number of methoxy groups -OCH3 is 1. The van der Waals surface area contributed by atoms with Crippen molar-refractivity contribution in [3.8, 4) is 0 Å². The third kappa shape index (κ3) is 2.48. The third-order valence-corrected chi connectivity index (χ3v) is 3.57. The number of carbonyl (C=O) groups is 1. The van der Waals surface area contributed by atoms with Gasteiger partial charge in [0.05, 0.1) is 7.11 Å². The molecule has 106 valence electrons. The summed E-state index contributed by atoms with van der Waals surface area (Å²) in [7, 11) is 1.35. The van der Waals surface area contributed by atoms with Crippen molar-refractivity contribution in [3.05, 3.63) is 64.6 Å². The predicted octanol–water partition coefficient (Wildman–Crippen LogP) is 2.76. The molecule has 0 bridgehead atoms. The summed E-state index contributed by atoms with van der Waals surface area (Å²) in [5.74, 6) is 0.208. The van der Waals surface area contributed by atoms with Gasteiger partial charge in [-0.1, -0.05) is 35.9 Å². The molecule has 0 N–H and O–H groups in total. The van der Waals surface area contributed by atoms with E-state index < -0.39 is 5.97 Å². The first-order valence-electron chi connectivity index (χ1n) is 6.35. The van der Waals surface area contributed by atoms with Gasteiger partial charge in [0, 0.05) is 11.4 Å². The van der Waals surface area contributed by atoms with Crippen LogP contribution in [0.15, 0.2) is 42.5 Å². The van der Waals surface area contributed by atoms with Crippen molar-refractivity contribution >= 4 is 23.2 Å². The maximum Gasteiger partial charge on any atom is 0.355 e. The Hall–Kier alpha value is -2.40. The summed E-state index contributed by atoms with van der Waals surface area (Å²) in [5.41, 5.74) is 1.91. The van der Waals surface area contributed by atoms with E-state index in [1.807, 2.05) is 24.3 Å². The lowest BCUT2D eigenvalue weighted by molar-refractivity contribution is 0.0592. The second-order valence-electron chi connectivity index (χ2n) is 4.48. The molecule has 0 aliphatic rings. The molecule has 0 spiro atoms. The molecule has 2 heterocycles. The minimum absolute atomic E-state index is 0.391. The highest BCUT2D eigenvalue weighted by Crippen LogP contribution is 2.19. The summed E-state index contributed by atoms with van der Waals surface area (Å²) in [5, 5.41) is 8.90. The predicted molar refractivity (Wildman–Crippen MR) is 78.6 cm³/mol. The van der Waals surface area contributed by atoms with Gasteiger partial charge in [0.2, 0.25) is 0 Å². The molecule has 2 aromatic heterocycles. The van der Waals surface area contributed by atoms with Crippen LogP contribution in [0.1, 0.15) is 21.9 Å². The molecule has 21 heavy (non-hydrogen) atoms. The molecule has 0 aliphatic heterocycles. The number of aromatic nitrogens is 3. The summed E-state index contributed by atoms with van der Waals surface area (Å²) in [6, 6.07) is 12.7. The van der Waals surface area contributed by atoms with Gasteiger partial charge in [-0.25, -0.2) is 4.79 Å². The summed E-state index contributed by atoms with van der Waals surface area (Å²) in [6.07, 6.45) is 0.481. The van der Waals surface area contributed by atoms with E-state index in [0.29, 0.717) is 28.6 Å². The van der Waals surface area contributed by atoms with Crippen LogP contribution in [0, 0.1) is 0 Å². The van der Waals surface area contributed by atoms with Crippen molar-refractivity contribution in [2.24, 2.45) is 0 Å². The Bertz CT molecular complexity index is 814. The number of fused-ring (bicyclic) bond motifs is 1. The molecule has 0 saturated heterocycles. The molecule has 5 nitrogen and oxygen atoms in total. The maximum atomic E-state index is 11.9. The molecule has 0 atom stereocenters. The quantitative estimate of drug-likeness (QED) is 0.698. The van der Waals surface area contributed by atoms with Crippen molar-refractivity contribution in [1.29, 1.82) is 0 Å². The number of esters is 1. The Kier molecular flexibility index (Phi) is 3.58. The first-order valence-corrected chi connectivity index (χ1v) is 6.73. The lowest BCUT2D eigenvalue weighted by atomic mass is 10.1. The van der Waals surface area contributed by atoms with Crippen molar-refractivity contribution in [2.45, 2.75) is 6.42 Å². The zero-order chi connectivity index (χ0) is 14.8. The Labute approximate surface area is 126 Å². The zero-order valence-corrected chi connectivity index (χ0v) is 12.0. The number of carbonyl (C=O) groups excluding carboxylic acids is 1. The van der Waals surface area contributed by atoms with Gasteiger partial charge >= 0.3 is 5.97 Å². The molecule has 3 rings (SSSR count). The molecule has 0 saturated carbocycles. The first kappa shape index (κ1) is 13.6. The van der Waals surface area contributed by atoms with Crippen LogP contribution in [0.3, 0.4) is 0 Å². The molecule has 6 heteroatoms. The lowest BCUT2D eigenvalue weighted by Gasteiger charge is -2.06. The van der Waals surface area contributed by atoms with Gasteiger partial charge < -0.3 is 4.74 Å². The fraction of sp³-hybridized carbons (Fsp3) is 0.133. The van der Waals surface area contributed by atoms with Crippen LogP contribution in [-0.4, -0.2) is 27.7 Å². The average Bonchev–Trinajstić information content (AvgIpc) is 2.92. The number of hydrogen-bond donors (Lipinski definition) is 0. The highest BCUT2D eigenvalue weighted by atomic mass is 35.5. The number of benzene rings is 1. The van der Waals surface area contributed by atoms with Gasteiger partial charge in [-0.3, -0.25) is 4.40 Å². The van der Waals surface area contributed by atoms with E-state index in [9.17, 15) is 4.79 Å². The number of rotatable bonds is 3. The van der Waals surface area contributed by atoms with E-state index in [4.69, 9.17) is 16.3 Å². The largest absolute Gasteiger partial charge is 0.464 e. The first-order chi connectivity index (χ1) is 10.2. The standard InChI is InChI=1S/C15H12ClN3O2/c1-21-15(20)12-7-4-8-13-17-18-14(19(12)13)9-10-5-2-3-6-11(10)16/h2-8H,9H2,1H3. The second-order valence-corrected chi connectivity index (χ2v) is 4.89. The monoisotopic (exact) mass is 301 g/mol. The lowest BCUT2D eigenvalue weighted by Crippen LogP contribution is -2.10. The van der Waals surface area contributed by atoms with E-state index in [1.54, 1.807) is 22.6 Å². The average molecular weight is 302 g/mol. The van der Waals surface area contributed by atoms with Crippen molar-refractivity contribution in [2.75, 3.05) is 7.11 Å². The number of nitrogens with zero attached hydrogens (tertiary/aromatic N) is 3. The van der Waals surface area contributed by atoms with E-state index in [1.165, 1.54) is 7.11 Å². The number of ether oxygens (including phenoxy) is 1. The minimum Gasteiger partial charge on any atom is -0.464 e. The fourth-order valence-electron chi connectivity index (χ4n) is 2.19. The van der Waals surface area contributed by atoms with Gasteiger partial charge in [0.25, 0.3) is 0 Å². The van der Waals surface area contributed by atoms with Gasteiger partial charge in [-0.05, 0) is 23.8 Å². The van der Waals surface area contributed by atoms with Crippen LogP contribution < -0.4 is 0 Å². The Morgan fingerprint density at radius 2 is 2.00 bits per heavy atom. The van der Waals surface area contributed by atoms with Gasteiger partial charge in [-0.15, -0.1) is 10.2 Å². The van der Waals surface area contributed by atoms with Crippen molar-refractivity contribution in [1.82, 2.24) is 14.6 Å². The molecule has 0 aliphatic carbocycles. The minimum atomic E-state index is -0.430. The van der Waals surface area contributed by atoms with E-state index in [-0.39, 0.29) is 0 Å². The van der Waals surface area contributed by atoms with Gasteiger partial charge in [-0.2, -0.15) is 0 Å². The van der Waals surface area contributed by atoms with Crippen LogP contribution in [0.2, 0.25) is 5.02 Å². The Morgan fingerprint density at radius 1 is 1.19 bits per heavy atom. The number of pyridine rings is 1. The third-order valence-electron chi connectivity index (χ3n) is 3.20. The smallest absolute Gasteiger partial charge is 0.355 e. The highest BCUT2D eigenvalue weighted by molar-refractivity contribution is 6.31. The summed E-state index contributed by atoms with van der Waals surface area (Å²) in [6.45, 7) is 0. The molecule has 0 fully saturated rings. The zero-order valence-electron chi connectivity index (χ0n) is 11.3. The molecular formula is C15H12ClN3O2. The maximum absolute atomic E-state index is 11.9. The van der Waals surface area contributed by atoms with E-state index in [0.717, 1.165) is 5.56 Å². The molecule has 1 aromatic carbocycles. The second kappa shape index (κ2) is 5.54. The number of halogens is 1. The van der Waals surface area contributed by atoms with Crippen LogP contribution in [0.25, 0.3) is 5.65 Å². The normalized spacial score (nSPS) is 10.8. The molecule has 3 aromatic rings. The Morgan fingerprint density at radius 3 is 2.76 bits per heavy atom. The fourth-order valence-corrected chi connectivity index (χ4v) is 2.39. The summed E-state index contributed by atoms with van der Waals surface area (Å²) >= 11 is 6.17. The molecule has 0 amide bonds. The van der Waals surface area contributed by atoms with E-state index in [2.05, 4.69) is 10.2 Å².